The van der Waals surface area contributed by atoms with Gasteiger partial charge in [0.25, 0.3) is 0 Å². The molecule has 8 aromatic rings. The second-order valence-corrected chi connectivity index (χ2v) is 11.6. The molecule has 0 aliphatic carbocycles. The summed E-state index contributed by atoms with van der Waals surface area (Å²) < 4.78 is 0. The van der Waals surface area contributed by atoms with Crippen LogP contribution >= 0.6 is 0 Å². The van der Waals surface area contributed by atoms with Crippen molar-refractivity contribution in [1.82, 2.24) is 9.97 Å². The zero-order valence-corrected chi connectivity index (χ0v) is 26.3. The maximum atomic E-state index is 4.75. The number of anilines is 6. The second kappa shape index (κ2) is 13.1. The summed E-state index contributed by atoms with van der Waals surface area (Å²) in [4.78, 5) is 14.0. The van der Waals surface area contributed by atoms with Crippen LogP contribution in [0.4, 0.5) is 34.1 Å². The van der Waals surface area contributed by atoms with Crippen LogP contribution in [0, 0.1) is 0 Å². The molecule has 0 radical (unpaired) electrons. The van der Waals surface area contributed by atoms with Gasteiger partial charge in [0.15, 0.2) is 0 Å². The van der Waals surface area contributed by atoms with Crippen molar-refractivity contribution >= 4 is 44.9 Å². The molecule has 0 unspecified atom stereocenters. The van der Waals surface area contributed by atoms with Crippen molar-refractivity contribution in [2.24, 2.45) is 0 Å². The van der Waals surface area contributed by atoms with Gasteiger partial charge in [-0.15, -0.1) is 0 Å². The predicted octanol–water partition coefficient (Wildman–Crippen LogP) is 11.9. The molecule has 7 aromatic carbocycles. The molecule has 1 heterocycles. The minimum atomic E-state index is 0.860. The van der Waals surface area contributed by atoms with Crippen LogP contribution < -0.4 is 9.80 Å². The van der Waals surface area contributed by atoms with Gasteiger partial charge in [-0.2, -0.15) is 0 Å². The summed E-state index contributed by atoms with van der Waals surface area (Å²) in [6.45, 7) is 0. The molecule has 228 valence electrons. The number of fused-ring (bicyclic) bond motifs is 1. The average Bonchev–Trinajstić information content (AvgIpc) is 3.17. The predicted molar refractivity (Wildman–Crippen MR) is 200 cm³/mol. The van der Waals surface area contributed by atoms with E-state index < -0.39 is 0 Å². The van der Waals surface area contributed by atoms with Crippen LogP contribution in [0.5, 0.6) is 0 Å². The number of nitrogens with zero attached hydrogens (tertiary/aromatic N) is 4. The molecule has 1 aromatic heterocycles. The third-order valence-electron chi connectivity index (χ3n) is 8.53. The van der Waals surface area contributed by atoms with Crippen LogP contribution in [0.1, 0.15) is 0 Å². The standard InChI is InChI=1S/C44H32N4/c1-4-13-34(14-5-1)43-44(46-31-30-45-43)35-21-23-39(24-22-35)48(42-25-20-33-12-10-11-15-36(33)32-42)41-28-26-40(27-29-41)47(37-16-6-2-7-17-37)38-18-8-3-9-19-38/h1-32H. The van der Waals surface area contributed by atoms with E-state index in [0.717, 1.165) is 56.6 Å². The van der Waals surface area contributed by atoms with Gasteiger partial charge >= 0.3 is 0 Å². The molecule has 0 saturated carbocycles. The lowest BCUT2D eigenvalue weighted by molar-refractivity contribution is 1.21. The SMILES string of the molecule is c1ccc(-c2nccnc2-c2ccc(N(c3ccc(N(c4ccccc4)c4ccccc4)cc3)c3ccc4ccccc4c3)cc2)cc1. The highest BCUT2D eigenvalue weighted by molar-refractivity contribution is 5.90. The molecule has 48 heavy (non-hydrogen) atoms. The monoisotopic (exact) mass is 616 g/mol. The van der Waals surface area contributed by atoms with E-state index in [-0.39, 0.29) is 0 Å². The van der Waals surface area contributed by atoms with Gasteiger partial charge in [-0.25, -0.2) is 0 Å². The summed E-state index contributed by atoms with van der Waals surface area (Å²) >= 11 is 0. The quantitative estimate of drug-likeness (QED) is 0.170. The van der Waals surface area contributed by atoms with Crippen molar-refractivity contribution in [3.63, 3.8) is 0 Å². The van der Waals surface area contributed by atoms with Crippen LogP contribution in [0.15, 0.2) is 194 Å². The molecule has 0 bridgehead atoms. The molecular formula is C44H32N4. The van der Waals surface area contributed by atoms with Crippen molar-refractivity contribution < 1.29 is 0 Å². The summed E-state index contributed by atoms with van der Waals surface area (Å²) in [6, 6.07) is 63.8. The van der Waals surface area contributed by atoms with Gasteiger partial charge in [0.05, 0.1) is 11.4 Å². The first-order valence-electron chi connectivity index (χ1n) is 16.1. The van der Waals surface area contributed by atoms with E-state index >= 15 is 0 Å². The maximum Gasteiger partial charge on any atom is 0.0965 e. The molecule has 0 N–H and O–H groups in total. The average molecular weight is 617 g/mol. The van der Waals surface area contributed by atoms with E-state index in [4.69, 9.17) is 9.97 Å². The molecule has 4 nitrogen and oxygen atoms in total. The zero-order valence-electron chi connectivity index (χ0n) is 26.3. The molecule has 8 rings (SSSR count). The summed E-state index contributed by atoms with van der Waals surface area (Å²) in [5.41, 5.74) is 10.3. The molecule has 0 saturated heterocycles. The van der Waals surface area contributed by atoms with Gasteiger partial charge in [0.1, 0.15) is 0 Å². The first-order valence-corrected chi connectivity index (χ1v) is 16.1. The summed E-state index contributed by atoms with van der Waals surface area (Å²) in [5.74, 6) is 0. The Bertz CT molecular complexity index is 2230. The van der Waals surface area contributed by atoms with Gasteiger partial charge in [-0.1, -0.05) is 109 Å². The highest BCUT2D eigenvalue weighted by atomic mass is 15.2. The zero-order chi connectivity index (χ0) is 32.1. The first-order chi connectivity index (χ1) is 23.8. The highest BCUT2D eigenvalue weighted by Gasteiger charge is 2.17. The van der Waals surface area contributed by atoms with Crippen molar-refractivity contribution in [3.05, 3.63) is 194 Å². The number of hydrogen-bond acceptors (Lipinski definition) is 4. The van der Waals surface area contributed by atoms with Gasteiger partial charge in [-0.05, 0) is 83.6 Å². The Morgan fingerprint density at radius 1 is 0.292 bits per heavy atom. The first kappa shape index (κ1) is 28.9. The van der Waals surface area contributed by atoms with E-state index in [0.29, 0.717) is 0 Å². The lowest BCUT2D eigenvalue weighted by Gasteiger charge is -2.28. The van der Waals surface area contributed by atoms with Gasteiger partial charge < -0.3 is 9.80 Å². The van der Waals surface area contributed by atoms with E-state index in [1.54, 1.807) is 12.4 Å². The normalized spacial score (nSPS) is 10.9. The summed E-state index contributed by atoms with van der Waals surface area (Å²) in [6.07, 6.45) is 3.51. The van der Waals surface area contributed by atoms with E-state index in [1.165, 1.54) is 10.8 Å². The number of benzene rings is 7. The van der Waals surface area contributed by atoms with Crippen LogP contribution in [-0.4, -0.2) is 9.97 Å². The molecule has 0 aliphatic heterocycles. The fourth-order valence-electron chi connectivity index (χ4n) is 6.24. The number of aromatic nitrogens is 2. The fraction of sp³-hybridized carbons (Fsp3) is 0. The number of para-hydroxylation sites is 2. The molecule has 0 amide bonds. The third kappa shape index (κ3) is 5.79. The van der Waals surface area contributed by atoms with Crippen molar-refractivity contribution in [2.45, 2.75) is 0 Å². The highest BCUT2D eigenvalue weighted by Crippen LogP contribution is 2.40. The van der Waals surface area contributed by atoms with E-state index in [9.17, 15) is 0 Å². The Morgan fingerprint density at radius 3 is 1.21 bits per heavy atom. The number of hydrogen-bond donors (Lipinski definition) is 0. The largest absolute Gasteiger partial charge is 0.311 e. The minimum Gasteiger partial charge on any atom is -0.311 e. The smallest absolute Gasteiger partial charge is 0.0965 e. The molecule has 4 heteroatoms. The Labute approximate surface area is 280 Å². The van der Waals surface area contributed by atoms with Crippen LogP contribution in [0.25, 0.3) is 33.3 Å². The van der Waals surface area contributed by atoms with Crippen LogP contribution in [0.3, 0.4) is 0 Å². The fourth-order valence-corrected chi connectivity index (χ4v) is 6.24. The molecule has 0 fully saturated rings. The third-order valence-corrected chi connectivity index (χ3v) is 8.53. The lowest BCUT2D eigenvalue weighted by atomic mass is 10.0. The Kier molecular flexibility index (Phi) is 7.87. The van der Waals surface area contributed by atoms with E-state index in [2.05, 4.69) is 174 Å². The molecule has 0 atom stereocenters. The van der Waals surface area contributed by atoms with Crippen molar-refractivity contribution in [3.8, 4) is 22.5 Å². The number of rotatable bonds is 8. The van der Waals surface area contributed by atoms with Crippen molar-refractivity contribution in [1.29, 1.82) is 0 Å². The van der Waals surface area contributed by atoms with Gasteiger partial charge in [0, 0.05) is 57.6 Å². The summed E-state index contributed by atoms with van der Waals surface area (Å²) in [7, 11) is 0. The van der Waals surface area contributed by atoms with E-state index in [1.807, 2.05) is 18.2 Å². The Hall–Kier alpha value is -6.52. The van der Waals surface area contributed by atoms with Gasteiger partial charge in [-0.3, -0.25) is 9.97 Å². The Morgan fingerprint density at radius 2 is 0.667 bits per heavy atom. The van der Waals surface area contributed by atoms with Crippen LogP contribution in [-0.2, 0) is 0 Å². The Balaban J connectivity index is 1.21. The molecular weight excluding hydrogens is 585 g/mol. The van der Waals surface area contributed by atoms with Crippen LogP contribution in [0.2, 0.25) is 0 Å². The maximum absolute atomic E-state index is 4.75. The molecule has 0 spiro atoms. The lowest BCUT2D eigenvalue weighted by Crippen LogP contribution is -2.12. The second-order valence-electron chi connectivity index (χ2n) is 11.6. The summed E-state index contributed by atoms with van der Waals surface area (Å²) in [5, 5.41) is 2.41. The topological polar surface area (TPSA) is 32.3 Å². The molecule has 0 aliphatic rings. The van der Waals surface area contributed by atoms with Gasteiger partial charge in [0.2, 0.25) is 0 Å². The minimum absolute atomic E-state index is 0.860. The van der Waals surface area contributed by atoms with Crippen molar-refractivity contribution in [2.75, 3.05) is 9.80 Å².